The summed E-state index contributed by atoms with van der Waals surface area (Å²) >= 11 is 6.93. The average Bonchev–Trinajstić information content (AvgIpc) is 2.80. The van der Waals surface area contributed by atoms with Crippen LogP contribution in [0, 0.1) is 0 Å². The molecule has 3 nitrogen and oxygen atoms in total. The minimum Gasteiger partial charge on any atom is -0.467 e. The Bertz CT molecular complexity index is 485. The first kappa shape index (κ1) is 12.8. The smallest absolute Gasteiger partial charge is 0.126 e. The molecular formula is C12H12Br2N2O. The summed E-state index contributed by atoms with van der Waals surface area (Å²) in [5.41, 5.74) is 0.921. The summed E-state index contributed by atoms with van der Waals surface area (Å²) in [7, 11) is 0. The second-order valence-corrected chi connectivity index (χ2v) is 5.30. The van der Waals surface area contributed by atoms with Gasteiger partial charge in [0.2, 0.25) is 0 Å². The van der Waals surface area contributed by atoms with Crippen LogP contribution in [0.25, 0.3) is 0 Å². The first-order chi connectivity index (χ1) is 8.22. The highest BCUT2D eigenvalue weighted by Gasteiger charge is 2.19. The van der Waals surface area contributed by atoms with E-state index in [1.807, 2.05) is 18.2 Å². The van der Waals surface area contributed by atoms with E-state index in [1.165, 1.54) is 0 Å². The number of furan rings is 1. The quantitative estimate of drug-likeness (QED) is 0.899. The van der Waals surface area contributed by atoms with E-state index >= 15 is 0 Å². The molecule has 0 spiro atoms. The maximum Gasteiger partial charge on any atom is 0.126 e. The Morgan fingerprint density at radius 1 is 1.47 bits per heavy atom. The Hall–Kier alpha value is -0.650. The van der Waals surface area contributed by atoms with E-state index in [4.69, 9.17) is 4.42 Å². The van der Waals surface area contributed by atoms with Crippen molar-refractivity contribution in [2.45, 2.75) is 13.0 Å². The summed E-state index contributed by atoms with van der Waals surface area (Å²) in [6, 6.07) is 5.78. The van der Waals surface area contributed by atoms with Crippen molar-refractivity contribution in [1.29, 1.82) is 0 Å². The first-order valence-electron chi connectivity index (χ1n) is 5.30. The van der Waals surface area contributed by atoms with Gasteiger partial charge < -0.3 is 9.73 Å². The molecule has 90 valence electrons. The standard InChI is InChI=1S/C12H12Br2N2O/c1-2-15-12(10-4-3-5-17-10)11-9(14)6-8(13)7-16-11/h3-7,12,15H,2H2,1H3. The average molecular weight is 360 g/mol. The predicted octanol–water partition coefficient (Wildman–Crippen LogP) is 3.90. The van der Waals surface area contributed by atoms with Crippen LogP contribution in [0.15, 0.2) is 44.0 Å². The zero-order chi connectivity index (χ0) is 12.3. The van der Waals surface area contributed by atoms with E-state index in [1.54, 1.807) is 12.5 Å². The highest BCUT2D eigenvalue weighted by atomic mass is 79.9. The van der Waals surface area contributed by atoms with Crippen LogP contribution in [-0.2, 0) is 0 Å². The van der Waals surface area contributed by atoms with Gasteiger partial charge in [0.1, 0.15) is 11.8 Å². The summed E-state index contributed by atoms with van der Waals surface area (Å²) in [4.78, 5) is 4.44. The summed E-state index contributed by atoms with van der Waals surface area (Å²) in [5.74, 6) is 0.863. The molecule has 5 heteroatoms. The van der Waals surface area contributed by atoms with Crippen LogP contribution in [0.3, 0.4) is 0 Å². The van der Waals surface area contributed by atoms with Gasteiger partial charge in [0, 0.05) is 15.1 Å². The zero-order valence-corrected chi connectivity index (χ0v) is 12.5. The van der Waals surface area contributed by atoms with Crippen LogP contribution >= 0.6 is 31.9 Å². The van der Waals surface area contributed by atoms with E-state index in [0.29, 0.717) is 0 Å². The number of pyridine rings is 1. The number of aromatic nitrogens is 1. The molecule has 0 aliphatic carbocycles. The molecule has 17 heavy (non-hydrogen) atoms. The van der Waals surface area contributed by atoms with E-state index in [9.17, 15) is 0 Å². The Balaban J connectivity index is 2.39. The number of nitrogens with one attached hydrogen (secondary N) is 1. The fourth-order valence-corrected chi connectivity index (χ4v) is 2.85. The highest BCUT2D eigenvalue weighted by molar-refractivity contribution is 9.11. The molecule has 1 atom stereocenters. The maximum absolute atomic E-state index is 5.45. The Kier molecular flexibility index (Phi) is 4.36. The monoisotopic (exact) mass is 358 g/mol. The molecule has 0 saturated heterocycles. The van der Waals surface area contributed by atoms with Gasteiger partial charge in [-0.05, 0) is 56.6 Å². The minimum atomic E-state index is -0.0301. The lowest BCUT2D eigenvalue weighted by Crippen LogP contribution is -2.22. The molecule has 0 aliphatic heterocycles. The predicted molar refractivity (Wildman–Crippen MR) is 73.9 cm³/mol. The van der Waals surface area contributed by atoms with Gasteiger partial charge in [-0.1, -0.05) is 6.92 Å². The third-order valence-corrected chi connectivity index (χ3v) is 3.41. The summed E-state index contributed by atoms with van der Waals surface area (Å²) in [6.07, 6.45) is 3.46. The van der Waals surface area contributed by atoms with Gasteiger partial charge in [0.25, 0.3) is 0 Å². The molecule has 2 rings (SSSR count). The van der Waals surface area contributed by atoms with Gasteiger partial charge in [-0.25, -0.2) is 0 Å². The van der Waals surface area contributed by atoms with Crippen molar-refractivity contribution in [3.05, 3.63) is 51.1 Å². The molecule has 0 radical (unpaired) electrons. The van der Waals surface area contributed by atoms with Crippen molar-refractivity contribution in [1.82, 2.24) is 10.3 Å². The number of hydrogen-bond donors (Lipinski definition) is 1. The van der Waals surface area contributed by atoms with Gasteiger partial charge in [-0.2, -0.15) is 0 Å². The highest BCUT2D eigenvalue weighted by Crippen LogP contribution is 2.28. The van der Waals surface area contributed by atoms with Crippen LogP contribution in [0.4, 0.5) is 0 Å². The number of halogens is 2. The van der Waals surface area contributed by atoms with E-state index < -0.39 is 0 Å². The van der Waals surface area contributed by atoms with Crippen LogP contribution in [0.5, 0.6) is 0 Å². The molecule has 1 unspecified atom stereocenters. The number of rotatable bonds is 4. The fraction of sp³-hybridized carbons (Fsp3) is 0.250. The third-order valence-electron chi connectivity index (χ3n) is 2.35. The van der Waals surface area contributed by atoms with Gasteiger partial charge in [0.15, 0.2) is 0 Å². The van der Waals surface area contributed by atoms with Crippen LogP contribution < -0.4 is 5.32 Å². The Labute approximate surface area is 117 Å². The van der Waals surface area contributed by atoms with Crippen molar-refractivity contribution >= 4 is 31.9 Å². The Morgan fingerprint density at radius 2 is 2.29 bits per heavy atom. The molecule has 1 N–H and O–H groups in total. The summed E-state index contributed by atoms with van der Waals surface area (Å²) in [6.45, 7) is 2.90. The fourth-order valence-electron chi connectivity index (χ4n) is 1.63. The zero-order valence-electron chi connectivity index (χ0n) is 9.28. The SMILES string of the molecule is CCNC(c1ccco1)c1ncc(Br)cc1Br. The van der Waals surface area contributed by atoms with Gasteiger partial charge in [0.05, 0.1) is 12.0 Å². The van der Waals surface area contributed by atoms with Crippen molar-refractivity contribution in [3.8, 4) is 0 Å². The lowest BCUT2D eigenvalue weighted by molar-refractivity contribution is 0.446. The maximum atomic E-state index is 5.45. The molecule has 2 aromatic heterocycles. The molecule has 0 bridgehead atoms. The van der Waals surface area contributed by atoms with Crippen molar-refractivity contribution in [2.24, 2.45) is 0 Å². The minimum absolute atomic E-state index is 0.0301. The van der Waals surface area contributed by atoms with Crippen molar-refractivity contribution in [2.75, 3.05) is 6.54 Å². The van der Waals surface area contributed by atoms with E-state index in [0.717, 1.165) is 26.9 Å². The van der Waals surface area contributed by atoms with E-state index in [2.05, 4.69) is 49.1 Å². The van der Waals surface area contributed by atoms with Gasteiger partial charge in [-0.3, -0.25) is 4.98 Å². The van der Waals surface area contributed by atoms with Crippen molar-refractivity contribution < 1.29 is 4.42 Å². The van der Waals surface area contributed by atoms with Crippen molar-refractivity contribution in [3.63, 3.8) is 0 Å². The largest absolute Gasteiger partial charge is 0.467 e. The Morgan fingerprint density at radius 3 is 2.88 bits per heavy atom. The molecule has 0 saturated carbocycles. The lowest BCUT2D eigenvalue weighted by Gasteiger charge is -2.16. The molecule has 0 fully saturated rings. The summed E-state index contributed by atoms with van der Waals surface area (Å²) < 4.78 is 7.35. The third kappa shape index (κ3) is 2.97. The van der Waals surface area contributed by atoms with Crippen LogP contribution in [0.2, 0.25) is 0 Å². The molecule has 0 amide bonds. The second kappa shape index (κ2) is 5.80. The van der Waals surface area contributed by atoms with Gasteiger partial charge >= 0.3 is 0 Å². The first-order valence-corrected chi connectivity index (χ1v) is 6.88. The molecule has 0 aromatic carbocycles. The summed E-state index contributed by atoms with van der Waals surface area (Å²) in [5, 5.41) is 3.36. The normalized spacial score (nSPS) is 12.6. The molecular weight excluding hydrogens is 348 g/mol. The molecule has 2 heterocycles. The van der Waals surface area contributed by atoms with E-state index in [-0.39, 0.29) is 6.04 Å². The van der Waals surface area contributed by atoms with Crippen LogP contribution in [-0.4, -0.2) is 11.5 Å². The number of nitrogens with zero attached hydrogens (tertiary/aromatic N) is 1. The number of hydrogen-bond acceptors (Lipinski definition) is 3. The van der Waals surface area contributed by atoms with Gasteiger partial charge in [-0.15, -0.1) is 0 Å². The molecule has 0 aliphatic rings. The topological polar surface area (TPSA) is 38.1 Å². The molecule has 2 aromatic rings. The lowest BCUT2D eigenvalue weighted by atomic mass is 10.1. The van der Waals surface area contributed by atoms with Crippen LogP contribution in [0.1, 0.15) is 24.4 Å². The second-order valence-electron chi connectivity index (χ2n) is 3.53.